The van der Waals surface area contributed by atoms with Crippen LogP contribution in [0.1, 0.15) is 20.3 Å². The van der Waals surface area contributed by atoms with Crippen molar-refractivity contribution in [2.75, 3.05) is 7.11 Å². The summed E-state index contributed by atoms with van der Waals surface area (Å²) in [5.41, 5.74) is -0.691. The third kappa shape index (κ3) is 2.94. The number of nitrogens with zero attached hydrogens (tertiary/aromatic N) is 2. The first-order valence-electron chi connectivity index (χ1n) is 8.74. The minimum atomic E-state index is -4.60. The second kappa shape index (κ2) is 6.80. The van der Waals surface area contributed by atoms with Gasteiger partial charge in [0.2, 0.25) is 5.91 Å². The van der Waals surface area contributed by atoms with Crippen molar-refractivity contribution in [1.29, 1.82) is 0 Å². The summed E-state index contributed by atoms with van der Waals surface area (Å²) in [5.74, 6) is -2.46. The molecule has 2 aliphatic heterocycles. The minimum absolute atomic E-state index is 0.0398. The third-order valence-electron chi connectivity index (χ3n) is 5.77. The van der Waals surface area contributed by atoms with Crippen LogP contribution < -0.4 is 0 Å². The summed E-state index contributed by atoms with van der Waals surface area (Å²) in [6.07, 6.45) is 1.56. The highest BCUT2D eigenvalue weighted by molar-refractivity contribution is 7.89. The van der Waals surface area contributed by atoms with Gasteiger partial charge in [0.15, 0.2) is 4.90 Å². The average Bonchev–Trinajstić information content (AvgIpc) is 2.67. The highest BCUT2D eigenvalue weighted by atomic mass is 32.2. The van der Waals surface area contributed by atoms with E-state index in [4.69, 9.17) is 4.74 Å². The number of esters is 1. The molecule has 0 spiro atoms. The number of sulfonamides is 1. The Morgan fingerprint density at radius 2 is 2.00 bits per heavy atom. The average molecular weight is 420 g/mol. The minimum Gasteiger partial charge on any atom is -0.466 e. The maximum absolute atomic E-state index is 13.3. The van der Waals surface area contributed by atoms with Crippen LogP contribution in [0.25, 0.3) is 0 Å². The van der Waals surface area contributed by atoms with E-state index >= 15 is 0 Å². The number of hydrogen-bond donors (Lipinski definition) is 0. The lowest BCUT2D eigenvalue weighted by molar-refractivity contribution is -0.387. The lowest BCUT2D eigenvalue weighted by Gasteiger charge is -2.52. The van der Waals surface area contributed by atoms with E-state index in [1.807, 2.05) is 0 Å². The Kier molecular flexibility index (Phi) is 4.86. The van der Waals surface area contributed by atoms with Crippen molar-refractivity contribution in [3.8, 4) is 0 Å². The van der Waals surface area contributed by atoms with Crippen molar-refractivity contribution in [3.63, 3.8) is 0 Å². The summed E-state index contributed by atoms with van der Waals surface area (Å²) >= 11 is 0. The molecule has 1 saturated heterocycles. The molecule has 3 aliphatic rings. The molecule has 0 N–H and O–H groups in total. The number of piperidine rings is 1. The van der Waals surface area contributed by atoms with Crippen LogP contribution in [0.15, 0.2) is 53.0 Å². The molecule has 0 unspecified atom stereocenters. The highest BCUT2D eigenvalue weighted by Gasteiger charge is 2.58. The maximum Gasteiger partial charge on any atom is 0.335 e. The Morgan fingerprint density at radius 1 is 1.38 bits per heavy atom. The summed E-state index contributed by atoms with van der Waals surface area (Å²) < 4.78 is 32.1. The fraction of sp³-hybridized carbons (Fsp3) is 0.368. The molecule has 29 heavy (non-hydrogen) atoms. The fourth-order valence-electron chi connectivity index (χ4n) is 3.94. The number of rotatable bonds is 5. The summed E-state index contributed by atoms with van der Waals surface area (Å²) in [5, 5.41) is 11.3. The first-order valence-corrected chi connectivity index (χ1v) is 10.2. The molecule has 2 heterocycles. The molecule has 1 aromatic carbocycles. The van der Waals surface area contributed by atoms with Gasteiger partial charge < -0.3 is 4.74 Å². The van der Waals surface area contributed by atoms with E-state index in [2.05, 4.69) is 6.58 Å². The summed E-state index contributed by atoms with van der Waals surface area (Å²) in [6.45, 7) is 7.44. The van der Waals surface area contributed by atoms with E-state index in [9.17, 15) is 28.1 Å². The number of methoxy groups -OCH3 is 1. The molecule has 10 heteroatoms. The molecule has 9 nitrogen and oxygen atoms in total. The zero-order chi connectivity index (χ0) is 21.7. The second-order valence-corrected chi connectivity index (χ2v) is 9.16. The van der Waals surface area contributed by atoms with Crippen molar-refractivity contribution in [3.05, 3.63) is 58.2 Å². The number of para-hydroxylation sites is 1. The van der Waals surface area contributed by atoms with Gasteiger partial charge in [0.25, 0.3) is 15.7 Å². The zero-order valence-corrected chi connectivity index (χ0v) is 16.9. The van der Waals surface area contributed by atoms with Crippen LogP contribution in [0.3, 0.4) is 0 Å². The Labute approximate surface area is 167 Å². The van der Waals surface area contributed by atoms with Gasteiger partial charge >= 0.3 is 5.97 Å². The summed E-state index contributed by atoms with van der Waals surface area (Å²) in [7, 11) is -3.45. The number of hydrogen-bond acceptors (Lipinski definition) is 7. The number of allylic oxidation sites excluding steroid dienone is 1. The quantitative estimate of drug-likeness (QED) is 0.309. The normalized spacial score (nSPS) is 26.1. The van der Waals surface area contributed by atoms with E-state index in [-0.39, 0.29) is 12.0 Å². The Balaban J connectivity index is 2.21. The molecule has 1 fully saturated rings. The van der Waals surface area contributed by atoms with Crippen molar-refractivity contribution < 1.29 is 27.7 Å². The van der Waals surface area contributed by atoms with Crippen LogP contribution in [0.5, 0.6) is 0 Å². The number of benzene rings is 1. The number of amides is 1. The number of carbonyl (C=O) groups excluding carboxylic acids is 2. The molecule has 1 aliphatic carbocycles. The van der Waals surface area contributed by atoms with E-state index in [0.717, 1.165) is 19.2 Å². The number of carbonyl (C=O) groups is 2. The van der Waals surface area contributed by atoms with Gasteiger partial charge in [-0.05, 0) is 19.4 Å². The van der Waals surface area contributed by atoms with Crippen LogP contribution in [0.4, 0.5) is 5.69 Å². The summed E-state index contributed by atoms with van der Waals surface area (Å²) in [6, 6.07) is 3.64. The Morgan fingerprint density at radius 3 is 2.55 bits per heavy atom. The van der Waals surface area contributed by atoms with Gasteiger partial charge in [-0.3, -0.25) is 14.9 Å². The number of nitro groups is 1. The van der Waals surface area contributed by atoms with Gasteiger partial charge in [0.1, 0.15) is 0 Å². The monoisotopic (exact) mass is 420 g/mol. The lowest BCUT2D eigenvalue weighted by atomic mass is 9.61. The smallest absolute Gasteiger partial charge is 0.335 e. The molecule has 1 amide bonds. The molecular weight excluding hydrogens is 400 g/mol. The molecule has 154 valence electrons. The van der Waals surface area contributed by atoms with Gasteiger partial charge in [-0.25, -0.2) is 17.5 Å². The van der Waals surface area contributed by atoms with E-state index in [1.165, 1.54) is 18.2 Å². The molecule has 1 aromatic rings. The second-order valence-electron chi connectivity index (χ2n) is 7.37. The van der Waals surface area contributed by atoms with Gasteiger partial charge in [0, 0.05) is 11.5 Å². The molecule has 4 rings (SSSR count). The van der Waals surface area contributed by atoms with Crippen LogP contribution in [-0.4, -0.2) is 42.7 Å². The Bertz CT molecular complexity index is 1080. The lowest BCUT2D eigenvalue weighted by Crippen LogP contribution is -2.61. The molecule has 0 aromatic heterocycles. The topological polar surface area (TPSA) is 124 Å². The molecule has 0 saturated carbocycles. The van der Waals surface area contributed by atoms with Gasteiger partial charge in [-0.15, -0.1) is 0 Å². The zero-order valence-electron chi connectivity index (χ0n) is 16.1. The predicted molar refractivity (Wildman–Crippen MR) is 102 cm³/mol. The van der Waals surface area contributed by atoms with Gasteiger partial charge in [-0.1, -0.05) is 37.3 Å². The van der Waals surface area contributed by atoms with E-state index in [1.54, 1.807) is 13.8 Å². The molecular formula is C19H20N2O7S. The first-order chi connectivity index (χ1) is 13.5. The Hall–Kier alpha value is -3.01. The summed E-state index contributed by atoms with van der Waals surface area (Å²) in [4.78, 5) is 35.4. The van der Waals surface area contributed by atoms with E-state index < -0.39 is 54.8 Å². The van der Waals surface area contributed by atoms with Gasteiger partial charge in [-0.2, -0.15) is 0 Å². The number of fused-ring (bicyclic) bond motifs is 2. The molecule has 3 atom stereocenters. The first kappa shape index (κ1) is 20.7. The van der Waals surface area contributed by atoms with Crippen molar-refractivity contribution in [2.24, 2.45) is 11.3 Å². The standard InChI is InChI=1S/C19H20N2O7S/c1-11(2)19(3)10-15-12(18(23)28-4)9-13(19)17(22)20(15)29(26,27)16-8-6-5-7-14(16)21(24)25/h5-9,13,15H,1,10H2,2-4H3/t13-,15+,19+/m0/s1. The van der Waals surface area contributed by atoms with Crippen molar-refractivity contribution in [2.45, 2.75) is 31.2 Å². The van der Waals surface area contributed by atoms with Crippen LogP contribution in [-0.2, 0) is 24.3 Å². The SMILES string of the molecule is C=C(C)[C@@]1(C)C[C@@H]2C(C(=O)OC)=C[C@H]1C(=O)N2S(=O)(=O)c1ccccc1[N+](=O)[O-]. The predicted octanol–water partition coefficient (Wildman–Crippen LogP) is 2.20. The fourth-order valence-corrected chi connectivity index (χ4v) is 5.68. The third-order valence-corrected chi connectivity index (χ3v) is 7.62. The number of nitro benzene ring substituents is 1. The molecule has 2 bridgehead atoms. The highest BCUT2D eigenvalue weighted by Crippen LogP contribution is 2.52. The van der Waals surface area contributed by atoms with E-state index in [0.29, 0.717) is 9.88 Å². The van der Waals surface area contributed by atoms with Crippen LogP contribution in [0.2, 0.25) is 0 Å². The molecule has 0 radical (unpaired) electrons. The van der Waals surface area contributed by atoms with Crippen LogP contribution >= 0.6 is 0 Å². The maximum atomic E-state index is 13.3. The largest absolute Gasteiger partial charge is 0.466 e. The van der Waals surface area contributed by atoms with Crippen LogP contribution in [0, 0.1) is 21.4 Å². The van der Waals surface area contributed by atoms with Crippen molar-refractivity contribution in [1.82, 2.24) is 4.31 Å². The number of ether oxygens (including phenoxy) is 1. The van der Waals surface area contributed by atoms with Crippen molar-refractivity contribution >= 4 is 27.6 Å². The van der Waals surface area contributed by atoms with Gasteiger partial charge in [0.05, 0.1) is 29.6 Å².